The Morgan fingerprint density at radius 2 is 1.74 bits per heavy atom. The zero-order valence-electron chi connectivity index (χ0n) is 14.9. The highest BCUT2D eigenvalue weighted by atomic mass is 14.9. The number of fused-ring (bicyclic) bond motifs is 1. The van der Waals surface area contributed by atoms with Crippen LogP contribution in [0.3, 0.4) is 0 Å². The molecular formula is C21H25N2+. The normalized spacial score (nSPS) is 11.4. The summed E-state index contributed by atoms with van der Waals surface area (Å²) in [5, 5.41) is 1.18. The summed E-state index contributed by atoms with van der Waals surface area (Å²) >= 11 is 0. The lowest BCUT2D eigenvalue weighted by atomic mass is 9.97. The van der Waals surface area contributed by atoms with Crippen LogP contribution in [-0.4, -0.2) is 4.98 Å². The second kappa shape index (κ2) is 5.77. The van der Waals surface area contributed by atoms with Crippen molar-refractivity contribution < 1.29 is 4.57 Å². The molecule has 2 nitrogen and oxygen atoms in total. The Morgan fingerprint density at radius 3 is 2.43 bits per heavy atom. The summed E-state index contributed by atoms with van der Waals surface area (Å²) in [6.45, 7) is 10.9. The van der Waals surface area contributed by atoms with Crippen LogP contribution in [0, 0.1) is 20.8 Å². The number of aromatic nitrogens is 2. The summed E-state index contributed by atoms with van der Waals surface area (Å²) in [5.41, 5.74) is 8.71. The average molecular weight is 305 g/mol. The summed E-state index contributed by atoms with van der Waals surface area (Å²) in [7, 11) is 2.11. The van der Waals surface area contributed by atoms with Crippen LogP contribution in [0.1, 0.15) is 42.1 Å². The van der Waals surface area contributed by atoms with Crippen molar-refractivity contribution in [2.45, 2.75) is 40.5 Å². The van der Waals surface area contributed by atoms with Crippen molar-refractivity contribution in [2.24, 2.45) is 7.05 Å². The van der Waals surface area contributed by atoms with Crippen LogP contribution >= 0.6 is 0 Å². The highest BCUT2D eigenvalue weighted by Crippen LogP contribution is 2.27. The molecule has 0 aliphatic rings. The Balaban J connectivity index is 2.27. The molecule has 0 fully saturated rings. The van der Waals surface area contributed by atoms with Gasteiger partial charge in [-0.2, -0.15) is 0 Å². The van der Waals surface area contributed by atoms with Gasteiger partial charge in [-0.25, -0.2) is 4.57 Å². The molecule has 2 heterocycles. The van der Waals surface area contributed by atoms with Crippen molar-refractivity contribution in [1.82, 2.24) is 4.98 Å². The Labute approximate surface area is 138 Å². The van der Waals surface area contributed by atoms with E-state index in [1.807, 2.05) is 0 Å². The number of pyridine rings is 2. The van der Waals surface area contributed by atoms with Crippen LogP contribution < -0.4 is 4.57 Å². The molecule has 0 N–H and O–H groups in total. The average Bonchev–Trinajstić information content (AvgIpc) is 2.49. The van der Waals surface area contributed by atoms with Crippen molar-refractivity contribution >= 4 is 10.9 Å². The van der Waals surface area contributed by atoms with Gasteiger partial charge in [-0.1, -0.05) is 25.5 Å². The number of benzene rings is 1. The van der Waals surface area contributed by atoms with Gasteiger partial charge in [0.05, 0.1) is 10.9 Å². The van der Waals surface area contributed by atoms with Crippen LogP contribution in [0.4, 0.5) is 0 Å². The predicted octanol–water partition coefficient (Wildman–Crippen LogP) is 4.77. The van der Waals surface area contributed by atoms with E-state index >= 15 is 0 Å². The second-order valence-electron chi connectivity index (χ2n) is 6.89. The molecule has 1 aromatic carbocycles. The van der Waals surface area contributed by atoms with E-state index in [0.717, 1.165) is 11.2 Å². The van der Waals surface area contributed by atoms with E-state index in [-0.39, 0.29) is 0 Å². The van der Waals surface area contributed by atoms with E-state index in [9.17, 15) is 0 Å². The molecule has 3 rings (SSSR count). The lowest BCUT2D eigenvalue weighted by Crippen LogP contribution is -2.30. The van der Waals surface area contributed by atoms with Crippen LogP contribution in [0.25, 0.3) is 22.2 Å². The zero-order chi connectivity index (χ0) is 16.7. The molecule has 0 spiro atoms. The first kappa shape index (κ1) is 15.7. The first-order chi connectivity index (χ1) is 10.9. The van der Waals surface area contributed by atoms with Gasteiger partial charge < -0.3 is 0 Å². The third kappa shape index (κ3) is 2.86. The summed E-state index contributed by atoms with van der Waals surface area (Å²) in [5.74, 6) is 0.444. The summed E-state index contributed by atoms with van der Waals surface area (Å²) in [6.07, 6.45) is 2.18. The van der Waals surface area contributed by atoms with Crippen LogP contribution in [0.2, 0.25) is 0 Å². The molecule has 0 unspecified atom stereocenters. The molecule has 0 saturated heterocycles. The van der Waals surface area contributed by atoms with Crippen molar-refractivity contribution in [3.05, 3.63) is 58.9 Å². The highest BCUT2D eigenvalue weighted by molar-refractivity contribution is 5.81. The fourth-order valence-corrected chi connectivity index (χ4v) is 3.13. The van der Waals surface area contributed by atoms with Gasteiger partial charge in [-0.3, -0.25) is 4.98 Å². The van der Waals surface area contributed by atoms with E-state index < -0.39 is 0 Å². The molecule has 3 aromatic rings. The van der Waals surface area contributed by atoms with Gasteiger partial charge in [0.1, 0.15) is 7.05 Å². The van der Waals surface area contributed by atoms with Crippen molar-refractivity contribution in [2.75, 3.05) is 0 Å². The molecule has 23 heavy (non-hydrogen) atoms. The number of aryl methyl sites for hydroxylation is 3. The smallest absolute Gasteiger partial charge is 0.214 e. The molecule has 0 aliphatic carbocycles. The lowest BCUT2D eigenvalue weighted by Gasteiger charge is -2.11. The van der Waals surface area contributed by atoms with Crippen LogP contribution in [0.5, 0.6) is 0 Å². The van der Waals surface area contributed by atoms with Crippen molar-refractivity contribution in [3.8, 4) is 11.3 Å². The third-order valence-electron chi connectivity index (χ3n) is 4.64. The summed E-state index contributed by atoms with van der Waals surface area (Å²) in [4.78, 5) is 4.86. The monoisotopic (exact) mass is 305 g/mol. The van der Waals surface area contributed by atoms with Crippen molar-refractivity contribution in [1.29, 1.82) is 0 Å². The van der Waals surface area contributed by atoms with Crippen LogP contribution in [-0.2, 0) is 7.05 Å². The minimum Gasteiger partial charge on any atom is -0.252 e. The number of hydrogen-bond donors (Lipinski definition) is 0. The maximum atomic E-state index is 4.86. The van der Waals surface area contributed by atoms with Gasteiger partial charge in [0.2, 0.25) is 5.69 Å². The Morgan fingerprint density at radius 1 is 1.00 bits per heavy atom. The van der Waals surface area contributed by atoms with Gasteiger partial charge >= 0.3 is 0 Å². The van der Waals surface area contributed by atoms with E-state index in [1.165, 1.54) is 33.3 Å². The van der Waals surface area contributed by atoms with Gasteiger partial charge in [0.25, 0.3) is 0 Å². The molecule has 0 amide bonds. The molecule has 2 aromatic heterocycles. The number of nitrogens with zero attached hydrogens (tertiary/aromatic N) is 2. The molecule has 0 aliphatic heterocycles. The maximum Gasteiger partial charge on any atom is 0.214 e. The first-order valence-electron chi connectivity index (χ1n) is 8.25. The maximum absolute atomic E-state index is 4.86. The lowest BCUT2D eigenvalue weighted by molar-refractivity contribution is -0.659. The minimum absolute atomic E-state index is 0.444. The summed E-state index contributed by atoms with van der Waals surface area (Å²) in [6, 6.07) is 11.1. The molecule has 118 valence electrons. The second-order valence-corrected chi connectivity index (χ2v) is 6.89. The molecule has 0 saturated carbocycles. The van der Waals surface area contributed by atoms with E-state index in [2.05, 4.69) is 82.8 Å². The Hall–Kier alpha value is -2.22. The third-order valence-corrected chi connectivity index (χ3v) is 4.64. The molecule has 0 bridgehead atoms. The highest BCUT2D eigenvalue weighted by Gasteiger charge is 2.16. The first-order valence-corrected chi connectivity index (χ1v) is 8.25. The van der Waals surface area contributed by atoms with E-state index in [1.54, 1.807) is 0 Å². The molecule has 0 atom stereocenters. The fraction of sp³-hybridized carbons (Fsp3) is 0.333. The fourth-order valence-electron chi connectivity index (χ4n) is 3.13. The Bertz CT molecular complexity index is 892. The molecule has 0 radical (unpaired) electrons. The molecule has 2 heteroatoms. The predicted molar refractivity (Wildman–Crippen MR) is 96.7 cm³/mol. The van der Waals surface area contributed by atoms with Gasteiger partial charge in [0, 0.05) is 17.3 Å². The van der Waals surface area contributed by atoms with E-state index in [4.69, 9.17) is 4.98 Å². The van der Waals surface area contributed by atoms with E-state index in [0.29, 0.717) is 5.92 Å². The van der Waals surface area contributed by atoms with Crippen LogP contribution in [0.15, 0.2) is 36.5 Å². The SMILES string of the molecule is Cc1cc(C)c(C)c(-c2cc3nc(C(C)C)ccc3c[n+]2C)c1. The van der Waals surface area contributed by atoms with Crippen molar-refractivity contribution in [3.63, 3.8) is 0 Å². The largest absolute Gasteiger partial charge is 0.252 e. The van der Waals surface area contributed by atoms with Gasteiger partial charge in [-0.05, 0) is 56.0 Å². The Kier molecular flexibility index (Phi) is 3.93. The van der Waals surface area contributed by atoms with Gasteiger partial charge in [0.15, 0.2) is 6.20 Å². The quantitative estimate of drug-likeness (QED) is 0.623. The summed E-state index contributed by atoms with van der Waals surface area (Å²) < 4.78 is 2.21. The standard InChI is InChI=1S/C21H25N2/c1-13(2)19-8-7-17-12-23(6)21(11-20(17)22-19)18-10-14(3)9-15(4)16(18)5/h7-13H,1-6H3/q+1. The zero-order valence-corrected chi connectivity index (χ0v) is 14.9. The molecular weight excluding hydrogens is 280 g/mol. The minimum atomic E-state index is 0.444. The topological polar surface area (TPSA) is 16.8 Å². The number of hydrogen-bond acceptors (Lipinski definition) is 1. The van der Waals surface area contributed by atoms with Gasteiger partial charge in [-0.15, -0.1) is 0 Å². The number of rotatable bonds is 2.